The zero-order valence-corrected chi connectivity index (χ0v) is 6.85. The lowest BCUT2D eigenvalue weighted by molar-refractivity contribution is -0.145. The molecule has 1 aliphatic rings. The fraction of sp³-hybridized carbons (Fsp3) is 0.857. The van der Waals surface area contributed by atoms with Crippen molar-refractivity contribution in [3.63, 3.8) is 0 Å². The van der Waals surface area contributed by atoms with Crippen LogP contribution in [0.2, 0.25) is 0 Å². The van der Waals surface area contributed by atoms with Gasteiger partial charge in [0.05, 0.1) is 0 Å². The number of rotatable bonds is 2. The van der Waals surface area contributed by atoms with Crippen molar-refractivity contribution in [1.82, 2.24) is 10.6 Å². The number of β-amino-alcohol motifs (C(OH)–C–C–N with tert-alkyl or cyclic N) is 1. The Balaban J connectivity index is 2.40. The summed E-state index contributed by atoms with van der Waals surface area (Å²) >= 11 is 0. The van der Waals surface area contributed by atoms with Gasteiger partial charge in [-0.15, -0.1) is 0 Å². The lowest BCUT2D eigenvalue weighted by Gasteiger charge is -2.36. The molecule has 0 aromatic rings. The van der Waals surface area contributed by atoms with E-state index in [1.165, 1.54) is 0 Å². The number of hydrogen-bond acceptors (Lipinski definition) is 3. The normalized spacial score (nSPS) is 21.1. The summed E-state index contributed by atoms with van der Waals surface area (Å²) in [6.45, 7) is 4.47. The molecule has 1 heterocycles. The SMILES string of the molecule is CC(C)NC(=O)C1(O)CNC1. The Bertz CT molecular complexity index is 164. The van der Waals surface area contributed by atoms with Crippen LogP contribution in [0.5, 0.6) is 0 Å². The number of nitrogens with one attached hydrogen (secondary N) is 2. The summed E-state index contributed by atoms with van der Waals surface area (Å²) in [7, 11) is 0. The van der Waals surface area contributed by atoms with E-state index in [0.717, 1.165) is 0 Å². The third kappa shape index (κ3) is 1.70. The van der Waals surface area contributed by atoms with E-state index in [0.29, 0.717) is 13.1 Å². The summed E-state index contributed by atoms with van der Waals surface area (Å²) in [5.41, 5.74) is -1.15. The Morgan fingerprint density at radius 1 is 1.64 bits per heavy atom. The first-order valence-electron chi connectivity index (χ1n) is 3.79. The van der Waals surface area contributed by atoms with Crippen LogP contribution in [0.4, 0.5) is 0 Å². The van der Waals surface area contributed by atoms with Crippen LogP contribution in [0.1, 0.15) is 13.8 Å². The highest BCUT2D eigenvalue weighted by molar-refractivity contribution is 5.86. The molecule has 4 heteroatoms. The minimum absolute atomic E-state index is 0.0899. The molecule has 1 aliphatic heterocycles. The number of aliphatic hydroxyl groups is 1. The van der Waals surface area contributed by atoms with Gasteiger partial charge in [0.2, 0.25) is 0 Å². The first-order valence-corrected chi connectivity index (χ1v) is 3.79. The van der Waals surface area contributed by atoms with Gasteiger partial charge < -0.3 is 15.7 Å². The van der Waals surface area contributed by atoms with Gasteiger partial charge in [0.1, 0.15) is 0 Å². The first-order chi connectivity index (χ1) is 5.04. The van der Waals surface area contributed by atoms with Crippen molar-refractivity contribution < 1.29 is 9.90 Å². The molecule has 0 aromatic heterocycles. The third-order valence-electron chi connectivity index (χ3n) is 1.68. The van der Waals surface area contributed by atoms with Crippen LogP contribution in [0.25, 0.3) is 0 Å². The van der Waals surface area contributed by atoms with Crippen LogP contribution in [-0.2, 0) is 4.79 Å². The van der Waals surface area contributed by atoms with E-state index in [2.05, 4.69) is 10.6 Å². The van der Waals surface area contributed by atoms with E-state index >= 15 is 0 Å². The van der Waals surface area contributed by atoms with E-state index in [1.54, 1.807) is 0 Å². The molecule has 0 radical (unpaired) electrons. The van der Waals surface area contributed by atoms with Crippen molar-refractivity contribution in [2.45, 2.75) is 25.5 Å². The molecule has 0 bridgehead atoms. The maximum Gasteiger partial charge on any atom is 0.254 e. The molecule has 1 fully saturated rings. The molecule has 1 rings (SSSR count). The van der Waals surface area contributed by atoms with Crippen molar-refractivity contribution in [2.75, 3.05) is 13.1 Å². The van der Waals surface area contributed by atoms with Crippen molar-refractivity contribution in [2.24, 2.45) is 0 Å². The smallest absolute Gasteiger partial charge is 0.254 e. The Kier molecular flexibility index (Phi) is 2.15. The number of carbonyl (C=O) groups excluding carboxylic acids is 1. The zero-order chi connectivity index (χ0) is 8.48. The molecule has 4 nitrogen and oxygen atoms in total. The highest BCUT2D eigenvalue weighted by Gasteiger charge is 2.42. The summed E-state index contributed by atoms with van der Waals surface area (Å²) in [6.07, 6.45) is 0. The second kappa shape index (κ2) is 2.79. The van der Waals surface area contributed by atoms with Crippen LogP contribution in [0, 0.1) is 0 Å². The van der Waals surface area contributed by atoms with E-state index < -0.39 is 5.60 Å². The molecule has 0 aromatic carbocycles. The standard InChI is InChI=1S/C7H14N2O2/c1-5(2)9-6(10)7(11)3-8-4-7/h5,8,11H,3-4H2,1-2H3,(H,9,10). The second-order valence-corrected chi connectivity index (χ2v) is 3.26. The van der Waals surface area contributed by atoms with Gasteiger partial charge in [-0.25, -0.2) is 0 Å². The molecule has 11 heavy (non-hydrogen) atoms. The van der Waals surface area contributed by atoms with Crippen LogP contribution in [0.15, 0.2) is 0 Å². The summed E-state index contributed by atoms with van der Waals surface area (Å²) in [5.74, 6) is -0.272. The highest BCUT2D eigenvalue weighted by Crippen LogP contribution is 2.09. The second-order valence-electron chi connectivity index (χ2n) is 3.26. The maximum absolute atomic E-state index is 11.2. The molecule has 64 valence electrons. The van der Waals surface area contributed by atoms with Crippen LogP contribution < -0.4 is 10.6 Å². The monoisotopic (exact) mass is 158 g/mol. The molecule has 0 atom stereocenters. The van der Waals surface area contributed by atoms with E-state index in [1.807, 2.05) is 13.8 Å². The number of hydrogen-bond donors (Lipinski definition) is 3. The minimum Gasteiger partial charge on any atom is -0.377 e. The van der Waals surface area contributed by atoms with Gasteiger partial charge in [0.15, 0.2) is 5.60 Å². The average Bonchev–Trinajstić information content (AvgIpc) is 1.81. The molecule has 1 saturated heterocycles. The largest absolute Gasteiger partial charge is 0.377 e. The zero-order valence-electron chi connectivity index (χ0n) is 6.85. The number of amides is 1. The van der Waals surface area contributed by atoms with Gasteiger partial charge >= 0.3 is 0 Å². The minimum atomic E-state index is -1.15. The quantitative estimate of drug-likeness (QED) is 0.475. The van der Waals surface area contributed by atoms with Crippen molar-refractivity contribution >= 4 is 5.91 Å². The van der Waals surface area contributed by atoms with E-state index in [4.69, 9.17) is 0 Å². The van der Waals surface area contributed by atoms with Crippen molar-refractivity contribution in [3.8, 4) is 0 Å². The van der Waals surface area contributed by atoms with Gasteiger partial charge in [-0.2, -0.15) is 0 Å². The molecule has 0 saturated carbocycles. The molecular formula is C7H14N2O2. The Morgan fingerprint density at radius 2 is 2.18 bits per heavy atom. The van der Waals surface area contributed by atoms with Gasteiger partial charge in [-0.1, -0.05) is 0 Å². The van der Waals surface area contributed by atoms with E-state index in [9.17, 15) is 9.90 Å². The topological polar surface area (TPSA) is 61.4 Å². The van der Waals surface area contributed by atoms with Crippen molar-refractivity contribution in [1.29, 1.82) is 0 Å². The Labute approximate surface area is 66.0 Å². The first kappa shape index (κ1) is 8.49. The predicted molar refractivity (Wildman–Crippen MR) is 41.1 cm³/mol. The summed E-state index contributed by atoms with van der Waals surface area (Å²) < 4.78 is 0. The lowest BCUT2D eigenvalue weighted by Crippen LogP contribution is -2.67. The predicted octanol–water partition coefficient (Wildman–Crippen LogP) is -1.15. The van der Waals surface area contributed by atoms with Gasteiger partial charge in [-0.3, -0.25) is 4.79 Å². The Hall–Kier alpha value is -0.610. The lowest BCUT2D eigenvalue weighted by atomic mass is 9.96. The molecular weight excluding hydrogens is 144 g/mol. The molecule has 0 unspecified atom stereocenters. The van der Waals surface area contributed by atoms with Gasteiger partial charge in [0, 0.05) is 19.1 Å². The van der Waals surface area contributed by atoms with Crippen LogP contribution >= 0.6 is 0 Å². The van der Waals surface area contributed by atoms with Crippen LogP contribution in [0.3, 0.4) is 0 Å². The van der Waals surface area contributed by atoms with Gasteiger partial charge in [0.25, 0.3) is 5.91 Å². The highest BCUT2D eigenvalue weighted by atomic mass is 16.3. The van der Waals surface area contributed by atoms with Crippen molar-refractivity contribution in [3.05, 3.63) is 0 Å². The Morgan fingerprint density at radius 3 is 2.45 bits per heavy atom. The maximum atomic E-state index is 11.2. The summed E-state index contributed by atoms with van der Waals surface area (Å²) in [6, 6.07) is 0.0899. The van der Waals surface area contributed by atoms with E-state index in [-0.39, 0.29) is 11.9 Å². The fourth-order valence-corrected chi connectivity index (χ4v) is 0.919. The average molecular weight is 158 g/mol. The summed E-state index contributed by atoms with van der Waals surface area (Å²) in [4.78, 5) is 11.2. The molecule has 1 amide bonds. The van der Waals surface area contributed by atoms with Gasteiger partial charge in [-0.05, 0) is 13.8 Å². The third-order valence-corrected chi connectivity index (χ3v) is 1.68. The van der Waals surface area contributed by atoms with Crippen LogP contribution in [-0.4, -0.2) is 35.7 Å². The number of carbonyl (C=O) groups is 1. The molecule has 0 aliphatic carbocycles. The fourth-order valence-electron chi connectivity index (χ4n) is 0.919. The summed E-state index contributed by atoms with van der Waals surface area (Å²) in [5, 5.41) is 15.0. The molecule has 0 spiro atoms. The molecule has 3 N–H and O–H groups in total.